The number of fused-ring (bicyclic) bond motifs is 1. The Morgan fingerprint density at radius 2 is 2.00 bits per heavy atom. The molecule has 25 heavy (non-hydrogen) atoms. The zero-order valence-corrected chi connectivity index (χ0v) is 14.4. The fourth-order valence-corrected chi connectivity index (χ4v) is 2.30. The van der Waals surface area contributed by atoms with E-state index in [1.807, 2.05) is 0 Å². The summed E-state index contributed by atoms with van der Waals surface area (Å²) in [6, 6.07) is 6.28. The summed E-state index contributed by atoms with van der Waals surface area (Å²) in [7, 11) is 0. The number of hydrogen-bond acceptors (Lipinski definition) is 6. The molecule has 1 amide bonds. The highest BCUT2D eigenvalue weighted by Crippen LogP contribution is 2.34. The zero-order valence-electron chi connectivity index (χ0n) is 12.9. The standard InChI is InChI=1S/C16H12Cl2N2O5/c1-8(25-16(22)9-4-11(17)14(18)19-6-9)15(21)20-10-2-3-12-13(5-10)24-7-23-12/h2-6,8H,7H2,1H3,(H,20,21)/t8-/m1/s1. The van der Waals surface area contributed by atoms with Crippen molar-refractivity contribution in [2.24, 2.45) is 0 Å². The summed E-state index contributed by atoms with van der Waals surface area (Å²) >= 11 is 11.5. The first-order chi connectivity index (χ1) is 11.9. The Labute approximate surface area is 152 Å². The van der Waals surface area contributed by atoms with Gasteiger partial charge in [0.1, 0.15) is 5.15 Å². The molecule has 130 valence electrons. The molecule has 1 aliphatic heterocycles. The Hall–Kier alpha value is -2.51. The second-order valence-electron chi connectivity index (χ2n) is 5.10. The summed E-state index contributed by atoms with van der Waals surface area (Å²) in [6.07, 6.45) is 0.186. The van der Waals surface area contributed by atoms with E-state index in [-0.39, 0.29) is 22.5 Å². The lowest BCUT2D eigenvalue weighted by atomic mass is 10.2. The van der Waals surface area contributed by atoms with E-state index in [4.69, 9.17) is 37.4 Å². The smallest absolute Gasteiger partial charge is 0.340 e. The maximum absolute atomic E-state index is 12.2. The number of ether oxygens (including phenoxy) is 3. The van der Waals surface area contributed by atoms with Gasteiger partial charge >= 0.3 is 5.97 Å². The van der Waals surface area contributed by atoms with Crippen LogP contribution in [0.2, 0.25) is 10.2 Å². The van der Waals surface area contributed by atoms with Crippen LogP contribution < -0.4 is 14.8 Å². The number of nitrogens with one attached hydrogen (secondary N) is 1. The number of esters is 1. The number of anilines is 1. The Bertz CT molecular complexity index is 843. The Morgan fingerprint density at radius 1 is 1.24 bits per heavy atom. The van der Waals surface area contributed by atoms with Crippen molar-refractivity contribution in [3.05, 3.63) is 46.2 Å². The molecule has 3 rings (SSSR count). The van der Waals surface area contributed by atoms with E-state index < -0.39 is 18.0 Å². The molecule has 2 aromatic rings. The maximum atomic E-state index is 12.2. The molecule has 9 heteroatoms. The lowest BCUT2D eigenvalue weighted by molar-refractivity contribution is -0.123. The third-order valence-electron chi connectivity index (χ3n) is 3.33. The van der Waals surface area contributed by atoms with Gasteiger partial charge in [0.2, 0.25) is 6.79 Å². The van der Waals surface area contributed by atoms with Crippen molar-refractivity contribution < 1.29 is 23.8 Å². The molecular formula is C16H12Cl2N2O5. The van der Waals surface area contributed by atoms with Gasteiger partial charge in [0.05, 0.1) is 10.6 Å². The minimum Gasteiger partial charge on any atom is -0.454 e. The topological polar surface area (TPSA) is 86.8 Å². The number of rotatable bonds is 4. The maximum Gasteiger partial charge on any atom is 0.340 e. The molecule has 0 radical (unpaired) electrons. The van der Waals surface area contributed by atoms with Crippen molar-refractivity contribution in [3.63, 3.8) is 0 Å². The van der Waals surface area contributed by atoms with E-state index in [1.54, 1.807) is 18.2 Å². The summed E-state index contributed by atoms with van der Waals surface area (Å²) in [4.78, 5) is 28.0. The van der Waals surface area contributed by atoms with Crippen LogP contribution >= 0.6 is 23.2 Å². The van der Waals surface area contributed by atoms with Crippen LogP contribution in [0.5, 0.6) is 11.5 Å². The molecule has 0 unspecified atom stereocenters. The Balaban J connectivity index is 1.62. The Morgan fingerprint density at radius 3 is 2.76 bits per heavy atom. The van der Waals surface area contributed by atoms with Crippen LogP contribution in [0.15, 0.2) is 30.5 Å². The van der Waals surface area contributed by atoms with Crippen LogP contribution in [0.25, 0.3) is 0 Å². The van der Waals surface area contributed by atoms with Gasteiger partial charge in [-0.15, -0.1) is 0 Å². The molecule has 0 bridgehead atoms. The van der Waals surface area contributed by atoms with E-state index in [1.165, 1.54) is 19.2 Å². The third-order valence-corrected chi connectivity index (χ3v) is 4.01. The highest BCUT2D eigenvalue weighted by Gasteiger charge is 2.21. The summed E-state index contributed by atoms with van der Waals surface area (Å²) in [5.41, 5.74) is 0.588. The zero-order chi connectivity index (χ0) is 18.0. The quantitative estimate of drug-likeness (QED) is 0.644. The van der Waals surface area contributed by atoms with Crippen molar-refractivity contribution in [1.82, 2.24) is 4.98 Å². The molecule has 0 aliphatic carbocycles. The SMILES string of the molecule is C[C@@H](OC(=O)c1cnc(Cl)c(Cl)c1)C(=O)Nc1ccc2c(c1)OCO2. The first-order valence-corrected chi connectivity index (χ1v) is 7.92. The summed E-state index contributed by atoms with van der Waals surface area (Å²) in [5.74, 6) is -0.103. The number of benzene rings is 1. The van der Waals surface area contributed by atoms with Crippen LogP contribution in [0.1, 0.15) is 17.3 Å². The normalized spacial score (nSPS) is 13.2. The molecule has 1 aromatic carbocycles. The summed E-state index contributed by atoms with van der Waals surface area (Å²) in [5, 5.41) is 2.83. The lowest BCUT2D eigenvalue weighted by Crippen LogP contribution is -2.30. The minimum atomic E-state index is -1.03. The van der Waals surface area contributed by atoms with Gasteiger partial charge in [0, 0.05) is 18.0 Å². The predicted molar refractivity (Wildman–Crippen MR) is 90.3 cm³/mol. The van der Waals surface area contributed by atoms with Gasteiger partial charge in [0.25, 0.3) is 5.91 Å². The van der Waals surface area contributed by atoms with Crippen molar-refractivity contribution >= 4 is 40.8 Å². The van der Waals surface area contributed by atoms with Gasteiger partial charge in [-0.1, -0.05) is 23.2 Å². The molecule has 1 N–H and O–H groups in total. The number of carbonyl (C=O) groups is 2. The molecule has 1 atom stereocenters. The number of halogens is 2. The fourth-order valence-electron chi connectivity index (χ4n) is 2.03. The number of hydrogen-bond donors (Lipinski definition) is 1. The molecule has 1 aliphatic rings. The van der Waals surface area contributed by atoms with Crippen LogP contribution in [0.4, 0.5) is 5.69 Å². The number of nitrogens with zero attached hydrogens (tertiary/aromatic N) is 1. The van der Waals surface area contributed by atoms with E-state index in [2.05, 4.69) is 10.3 Å². The number of pyridine rings is 1. The Kier molecular flexibility index (Phi) is 4.96. The fraction of sp³-hybridized carbons (Fsp3) is 0.188. The van der Waals surface area contributed by atoms with Crippen LogP contribution in [-0.2, 0) is 9.53 Å². The second kappa shape index (κ2) is 7.16. The molecule has 7 nitrogen and oxygen atoms in total. The average Bonchev–Trinajstić information content (AvgIpc) is 3.04. The largest absolute Gasteiger partial charge is 0.454 e. The van der Waals surface area contributed by atoms with Gasteiger partial charge < -0.3 is 19.5 Å². The van der Waals surface area contributed by atoms with Crippen molar-refractivity contribution in [3.8, 4) is 11.5 Å². The lowest BCUT2D eigenvalue weighted by Gasteiger charge is -2.14. The summed E-state index contributed by atoms with van der Waals surface area (Å²) < 4.78 is 15.5. The van der Waals surface area contributed by atoms with Crippen molar-refractivity contribution in [1.29, 1.82) is 0 Å². The van der Waals surface area contributed by atoms with Crippen LogP contribution in [0.3, 0.4) is 0 Å². The molecule has 1 aromatic heterocycles. The third kappa shape index (κ3) is 3.94. The van der Waals surface area contributed by atoms with Crippen molar-refractivity contribution in [2.75, 3.05) is 12.1 Å². The molecule has 2 heterocycles. The average molecular weight is 383 g/mol. The molecule has 0 fully saturated rings. The van der Waals surface area contributed by atoms with Crippen LogP contribution in [-0.4, -0.2) is 29.8 Å². The highest BCUT2D eigenvalue weighted by atomic mass is 35.5. The molecule has 0 saturated heterocycles. The highest BCUT2D eigenvalue weighted by molar-refractivity contribution is 6.41. The van der Waals surface area contributed by atoms with Gasteiger partial charge in [-0.05, 0) is 25.1 Å². The first-order valence-electron chi connectivity index (χ1n) is 7.16. The number of amides is 1. The van der Waals surface area contributed by atoms with Gasteiger partial charge in [-0.2, -0.15) is 0 Å². The number of carbonyl (C=O) groups excluding carboxylic acids is 2. The van der Waals surface area contributed by atoms with E-state index in [0.717, 1.165) is 0 Å². The van der Waals surface area contributed by atoms with Crippen molar-refractivity contribution in [2.45, 2.75) is 13.0 Å². The monoisotopic (exact) mass is 382 g/mol. The predicted octanol–water partition coefficient (Wildman–Crippen LogP) is 3.30. The van der Waals surface area contributed by atoms with Gasteiger partial charge in [-0.25, -0.2) is 9.78 Å². The van der Waals surface area contributed by atoms with Gasteiger partial charge in [0.15, 0.2) is 17.6 Å². The number of aromatic nitrogens is 1. The molecular weight excluding hydrogens is 371 g/mol. The van der Waals surface area contributed by atoms with E-state index in [9.17, 15) is 9.59 Å². The molecule has 0 spiro atoms. The summed E-state index contributed by atoms with van der Waals surface area (Å²) in [6.45, 7) is 1.59. The molecule has 0 saturated carbocycles. The first kappa shape index (κ1) is 17.3. The van der Waals surface area contributed by atoms with E-state index in [0.29, 0.717) is 17.2 Å². The van der Waals surface area contributed by atoms with Crippen LogP contribution in [0, 0.1) is 0 Å². The van der Waals surface area contributed by atoms with Gasteiger partial charge in [-0.3, -0.25) is 4.79 Å². The van der Waals surface area contributed by atoms with E-state index >= 15 is 0 Å². The minimum absolute atomic E-state index is 0.0758. The second-order valence-corrected chi connectivity index (χ2v) is 5.87.